The highest BCUT2D eigenvalue weighted by atomic mass is 19.2. The Labute approximate surface area is 117 Å². The molecule has 0 amide bonds. The monoisotopic (exact) mass is 277 g/mol. The maximum absolute atomic E-state index is 13.1. The van der Waals surface area contributed by atoms with Crippen LogP contribution in [0, 0.1) is 18.6 Å². The van der Waals surface area contributed by atoms with E-state index < -0.39 is 11.6 Å². The zero-order valence-corrected chi connectivity index (χ0v) is 11.5. The van der Waals surface area contributed by atoms with E-state index in [1.165, 1.54) is 6.07 Å². The summed E-state index contributed by atoms with van der Waals surface area (Å²) < 4.78 is 31.6. The Balaban J connectivity index is 2.14. The van der Waals surface area contributed by atoms with Gasteiger partial charge in [-0.25, -0.2) is 8.78 Å². The van der Waals surface area contributed by atoms with E-state index in [0.29, 0.717) is 5.75 Å². The average molecular weight is 277 g/mol. The molecule has 0 aromatic heterocycles. The summed E-state index contributed by atoms with van der Waals surface area (Å²) in [5.74, 6) is -0.873. The van der Waals surface area contributed by atoms with E-state index in [9.17, 15) is 8.78 Å². The van der Waals surface area contributed by atoms with Crippen molar-refractivity contribution in [3.63, 3.8) is 0 Å². The Kier molecular flexibility index (Phi) is 4.69. The second kappa shape index (κ2) is 6.48. The minimum absolute atomic E-state index is 0.284. The minimum Gasteiger partial charge on any atom is -0.457 e. The van der Waals surface area contributed by atoms with Crippen LogP contribution in [0.5, 0.6) is 11.5 Å². The molecule has 0 unspecified atom stereocenters. The van der Waals surface area contributed by atoms with Gasteiger partial charge in [-0.15, -0.1) is 0 Å². The third-order valence-corrected chi connectivity index (χ3v) is 2.94. The number of nitrogens with one attached hydrogen (secondary N) is 1. The first-order valence-electron chi connectivity index (χ1n) is 6.53. The fourth-order valence-electron chi connectivity index (χ4n) is 1.87. The first-order valence-corrected chi connectivity index (χ1v) is 6.53. The summed E-state index contributed by atoms with van der Waals surface area (Å²) in [7, 11) is 0. The molecule has 0 bridgehead atoms. The zero-order chi connectivity index (χ0) is 14.5. The van der Waals surface area contributed by atoms with Crippen molar-refractivity contribution in [3.8, 4) is 11.5 Å². The largest absolute Gasteiger partial charge is 0.457 e. The first-order chi connectivity index (χ1) is 9.60. The van der Waals surface area contributed by atoms with Gasteiger partial charge in [-0.3, -0.25) is 0 Å². The molecule has 0 fully saturated rings. The van der Waals surface area contributed by atoms with E-state index in [-0.39, 0.29) is 5.75 Å². The van der Waals surface area contributed by atoms with Crippen molar-refractivity contribution in [1.29, 1.82) is 0 Å². The normalized spacial score (nSPS) is 10.6. The highest BCUT2D eigenvalue weighted by Crippen LogP contribution is 2.26. The molecule has 0 radical (unpaired) electrons. The average Bonchev–Trinajstić information content (AvgIpc) is 2.43. The van der Waals surface area contributed by atoms with Crippen molar-refractivity contribution >= 4 is 0 Å². The zero-order valence-electron chi connectivity index (χ0n) is 11.5. The van der Waals surface area contributed by atoms with Gasteiger partial charge in [0.15, 0.2) is 11.6 Å². The molecule has 2 rings (SSSR count). The molecule has 0 heterocycles. The quantitative estimate of drug-likeness (QED) is 0.885. The lowest BCUT2D eigenvalue weighted by Gasteiger charge is -2.11. The molecule has 0 aliphatic rings. The summed E-state index contributed by atoms with van der Waals surface area (Å²) >= 11 is 0. The Bertz CT molecular complexity index is 599. The predicted molar refractivity (Wildman–Crippen MR) is 75.0 cm³/mol. The van der Waals surface area contributed by atoms with Crippen LogP contribution in [0.1, 0.15) is 18.1 Å². The van der Waals surface area contributed by atoms with Crippen molar-refractivity contribution in [2.75, 3.05) is 6.54 Å². The number of ether oxygens (including phenoxy) is 1. The van der Waals surface area contributed by atoms with Gasteiger partial charge < -0.3 is 10.1 Å². The van der Waals surface area contributed by atoms with E-state index in [1.807, 2.05) is 32.0 Å². The molecule has 2 aromatic carbocycles. The van der Waals surface area contributed by atoms with Crippen molar-refractivity contribution in [3.05, 3.63) is 59.2 Å². The second-order valence-electron chi connectivity index (χ2n) is 4.56. The molecule has 4 heteroatoms. The summed E-state index contributed by atoms with van der Waals surface area (Å²) in [6, 6.07) is 9.30. The van der Waals surface area contributed by atoms with E-state index in [4.69, 9.17) is 4.74 Å². The Morgan fingerprint density at radius 1 is 1.05 bits per heavy atom. The van der Waals surface area contributed by atoms with Crippen molar-refractivity contribution in [2.24, 2.45) is 0 Å². The number of hydrogen-bond donors (Lipinski definition) is 1. The van der Waals surface area contributed by atoms with Crippen LogP contribution < -0.4 is 10.1 Å². The lowest BCUT2D eigenvalue weighted by Crippen LogP contribution is -2.11. The number of hydrogen-bond acceptors (Lipinski definition) is 2. The molecule has 0 saturated carbocycles. The predicted octanol–water partition coefficient (Wildman–Crippen LogP) is 4.18. The molecule has 2 aromatic rings. The topological polar surface area (TPSA) is 21.3 Å². The van der Waals surface area contributed by atoms with E-state index in [0.717, 1.165) is 36.3 Å². The fraction of sp³-hybridized carbons (Fsp3) is 0.250. The highest BCUT2D eigenvalue weighted by molar-refractivity contribution is 5.39. The smallest absolute Gasteiger partial charge is 0.162 e. The van der Waals surface area contributed by atoms with Crippen LogP contribution in [0.25, 0.3) is 0 Å². The third kappa shape index (κ3) is 3.54. The van der Waals surface area contributed by atoms with Gasteiger partial charge in [-0.05, 0) is 42.8 Å². The number of aryl methyl sites for hydroxylation is 1. The number of halogens is 2. The van der Waals surface area contributed by atoms with Crippen LogP contribution in [0.2, 0.25) is 0 Å². The van der Waals surface area contributed by atoms with Crippen LogP contribution in [0.3, 0.4) is 0 Å². The van der Waals surface area contributed by atoms with Gasteiger partial charge in [0.1, 0.15) is 11.5 Å². The molecule has 106 valence electrons. The van der Waals surface area contributed by atoms with E-state index in [2.05, 4.69) is 5.32 Å². The van der Waals surface area contributed by atoms with Crippen LogP contribution in [-0.4, -0.2) is 6.54 Å². The number of benzene rings is 2. The van der Waals surface area contributed by atoms with Gasteiger partial charge in [0, 0.05) is 12.6 Å². The summed E-state index contributed by atoms with van der Waals surface area (Å²) in [6.45, 7) is 5.67. The van der Waals surface area contributed by atoms with Crippen molar-refractivity contribution in [1.82, 2.24) is 5.32 Å². The molecule has 0 atom stereocenters. The van der Waals surface area contributed by atoms with Gasteiger partial charge in [0.2, 0.25) is 0 Å². The Morgan fingerprint density at radius 3 is 2.50 bits per heavy atom. The summed E-state index contributed by atoms with van der Waals surface area (Å²) in [5, 5.41) is 3.24. The highest BCUT2D eigenvalue weighted by Gasteiger charge is 2.06. The van der Waals surface area contributed by atoms with Gasteiger partial charge in [0.05, 0.1) is 0 Å². The molecule has 0 aliphatic carbocycles. The molecule has 20 heavy (non-hydrogen) atoms. The van der Waals surface area contributed by atoms with E-state index >= 15 is 0 Å². The van der Waals surface area contributed by atoms with Gasteiger partial charge in [0.25, 0.3) is 0 Å². The van der Waals surface area contributed by atoms with Crippen LogP contribution in [0.15, 0.2) is 36.4 Å². The van der Waals surface area contributed by atoms with Gasteiger partial charge in [-0.2, -0.15) is 0 Å². The lowest BCUT2D eigenvalue weighted by molar-refractivity contribution is 0.459. The molecule has 2 nitrogen and oxygen atoms in total. The second-order valence-corrected chi connectivity index (χ2v) is 4.56. The SMILES string of the molecule is CCNCc1ccc(Oc2ccc(F)c(F)c2)c(C)c1. The third-order valence-electron chi connectivity index (χ3n) is 2.94. The number of rotatable bonds is 5. The molecule has 0 saturated heterocycles. The first kappa shape index (κ1) is 14.5. The summed E-state index contributed by atoms with van der Waals surface area (Å²) in [6.07, 6.45) is 0. The molecular formula is C16H17F2NO. The minimum atomic E-state index is -0.913. The molecular weight excluding hydrogens is 260 g/mol. The Morgan fingerprint density at radius 2 is 1.85 bits per heavy atom. The Hall–Kier alpha value is -1.94. The fourth-order valence-corrected chi connectivity index (χ4v) is 1.87. The van der Waals surface area contributed by atoms with Gasteiger partial charge in [-0.1, -0.05) is 19.1 Å². The van der Waals surface area contributed by atoms with Crippen LogP contribution >= 0.6 is 0 Å². The van der Waals surface area contributed by atoms with Crippen molar-refractivity contribution < 1.29 is 13.5 Å². The molecule has 0 spiro atoms. The maximum atomic E-state index is 13.1. The van der Waals surface area contributed by atoms with Gasteiger partial charge >= 0.3 is 0 Å². The molecule has 0 aliphatic heterocycles. The van der Waals surface area contributed by atoms with Crippen molar-refractivity contribution in [2.45, 2.75) is 20.4 Å². The summed E-state index contributed by atoms with van der Waals surface area (Å²) in [5.41, 5.74) is 2.10. The van der Waals surface area contributed by atoms with Crippen LogP contribution in [0.4, 0.5) is 8.78 Å². The molecule has 1 N–H and O–H groups in total. The maximum Gasteiger partial charge on any atom is 0.162 e. The van der Waals surface area contributed by atoms with E-state index in [1.54, 1.807) is 0 Å². The summed E-state index contributed by atoms with van der Waals surface area (Å²) in [4.78, 5) is 0. The van der Waals surface area contributed by atoms with Crippen LogP contribution in [-0.2, 0) is 6.54 Å². The standard InChI is InChI=1S/C16H17F2NO/c1-3-19-10-12-4-7-16(11(2)8-12)20-13-5-6-14(17)15(18)9-13/h4-9,19H,3,10H2,1-2H3. The lowest BCUT2D eigenvalue weighted by atomic mass is 10.1.